The molecular formula is C15H19NO3. The molecule has 1 aliphatic rings. The molecule has 1 heterocycles. The number of piperidine rings is 1. The van der Waals surface area contributed by atoms with Crippen LogP contribution in [0.4, 0.5) is 0 Å². The molecule has 0 radical (unpaired) electrons. The van der Waals surface area contributed by atoms with E-state index in [4.69, 9.17) is 4.74 Å². The van der Waals surface area contributed by atoms with Crippen molar-refractivity contribution in [3.8, 4) is 5.75 Å². The van der Waals surface area contributed by atoms with E-state index < -0.39 is 0 Å². The Balaban J connectivity index is 1.96. The molecule has 1 saturated heterocycles. The van der Waals surface area contributed by atoms with E-state index >= 15 is 0 Å². The number of amides is 1. The fraction of sp³-hybridized carbons (Fsp3) is 0.467. The number of esters is 1. The zero-order valence-corrected chi connectivity index (χ0v) is 11.4. The zero-order valence-electron chi connectivity index (χ0n) is 11.4. The Morgan fingerprint density at radius 1 is 1.11 bits per heavy atom. The Bertz CT molecular complexity index is 459. The summed E-state index contributed by atoms with van der Waals surface area (Å²) in [6.45, 7) is 4.66. The number of hydrogen-bond donors (Lipinski definition) is 0. The standard InChI is InChI=1S/C15H19NO3/c1-11(17)16-9-7-14(8-10-16)13-3-5-15(6-4-13)19-12(2)18/h3-6,14H,7-10H2,1-2H3. The molecule has 4 heteroatoms. The number of carbonyl (C=O) groups excluding carboxylic acids is 2. The highest BCUT2D eigenvalue weighted by Crippen LogP contribution is 2.29. The van der Waals surface area contributed by atoms with Crippen molar-refractivity contribution in [3.05, 3.63) is 29.8 Å². The van der Waals surface area contributed by atoms with Gasteiger partial charge in [0.05, 0.1) is 0 Å². The van der Waals surface area contributed by atoms with Crippen LogP contribution in [-0.4, -0.2) is 29.9 Å². The van der Waals surface area contributed by atoms with Crippen LogP contribution in [0.3, 0.4) is 0 Å². The number of carbonyl (C=O) groups is 2. The highest BCUT2D eigenvalue weighted by molar-refractivity contribution is 5.73. The van der Waals surface area contributed by atoms with E-state index in [0.717, 1.165) is 25.9 Å². The lowest BCUT2D eigenvalue weighted by Crippen LogP contribution is -2.36. The predicted octanol–water partition coefficient (Wildman–Crippen LogP) is 2.34. The van der Waals surface area contributed by atoms with Gasteiger partial charge in [-0.1, -0.05) is 12.1 Å². The first-order valence-corrected chi connectivity index (χ1v) is 6.60. The average Bonchev–Trinajstić information content (AvgIpc) is 2.39. The Labute approximate surface area is 113 Å². The Kier molecular flexibility index (Phi) is 4.20. The molecule has 4 nitrogen and oxygen atoms in total. The molecule has 1 aliphatic heterocycles. The van der Waals surface area contributed by atoms with Crippen LogP contribution in [0, 0.1) is 0 Å². The van der Waals surface area contributed by atoms with Gasteiger partial charge in [-0.25, -0.2) is 0 Å². The first-order chi connectivity index (χ1) is 9.06. The van der Waals surface area contributed by atoms with Crippen LogP contribution in [0.5, 0.6) is 5.75 Å². The van der Waals surface area contributed by atoms with Crippen LogP contribution in [0.2, 0.25) is 0 Å². The Morgan fingerprint density at radius 3 is 2.16 bits per heavy atom. The van der Waals surface area contributed by atoms with E-state index in [1.165, 1.54) is 12.5 Å². The molecule has 0 unspecified atom stereocenters. The normalized spacial score (nSPS) is 16.2. The number of hydrogen-bond acceptors (Lipinski definition) is 3. The molecule has 0 atom stereocenters. The summed E-state index contributed by atoms with van der Waals surface area (Å²) in [7, 11) is 0. The summed E-state index contributed by atoms with van der Waals surface area (Å²) in [5, 5.41) is 0. The molecule has 102 valence electrons. The predicted molar refractivity (Wildman–Crippen MR) is 72.0 cm³/mol. The second-order valence-corrected chi connectivity index (χ2v) is 4.94. The molecule has 1 aromatic carbocycles. The van der Waals surface area contributed by atoms with Gasteiger partial charge in [0.25, 0.3) is 0 Å². The highest BCUT2D eigenvalue weighted by Gasteiger charge is 2.21. The van der Waals surface area contributed by atoms with E-state index in [1.807, 2.05) is 29.2 Å². The molecule has 0 N–H and O–H groups in total. The van der Waals surface area contributed by atoms with Crippen molar-refractivity contribution in [3.63, 3.8) is 0 Å². The van der Waals surface area contributed by atoms with Gasteiger partial charge in [-0.3, -0.25) is 9.59 Å². The largest absolute Gasteiger partial charge is 0.427 e. The number of rotatable bonds is 2. The van der Waals surface area contributed by atoms with Crippen molar-refractivity contribution in [1.82, 2.24) is 4.90 Å². The van der Waals surface area contributed by atoms with Gasteiger partial charge in [0.2, 0.25) is 5.91 Å². The summed E-state index contributed by atoms with van der Waals surface area (Å²) in [4.78, 5) is 24.0. The molecule has 2 rings (SSSR count). The smallest absolute Gasteiger partial charge is 0.308 e. The molecule has 1 amide bonds. The maximum absolute atomic E-state index is 11.3. The third-order valence-electron chi connectivity index (χ3n) is 3.55. The van der Waals surface area contributed by atoms with Crippen molar-refractivity contribution in [2.75, 3.05) is 13.1 Å². The summed E-state index contributed by atoms with van der Waals surface area (Å²) in [5.74, 6) is 0.922. The van der Waals surface area contributed by atoms with Gasteiger partial charge in [0, 0.05) is 26.9 Å². The summed E-state index contributed by atoms with van der Waals surface area (Å²) in [6.07, 6.45) is 1.99. The van der Waals surface area contributed by atoms with E-state index in [1.54, 1.807) is 6.92 Å². The molecule has 0 saturated carbocycles. The van der Waals surface area contributed by atoms with Crippen LogP contribution in [0.15, 0.2) is 24.3 Å². The number of benzene rings is 1. The maximum atomic E-state index is 11.3. The van der Waals surface area contributed by atoms with Crippen LogP contribution in [-0.2, 0) is 9.59 Å². The van der Waals surface area contributed by atoms with E-state index in [2.05, 4.69) is 0 Å². The molecule has 1 fully saturated rings. The van der Waals surface area contributed by atoms with Crippen molar-refractivity contribution >= 4 is 11.9 Å². The maximum Gasteiger partial charge on any atom is 0.308 e. The number of nitrogens with zero attached hydrogens (tertiary/aromatic N) is 1. The van der Waals surface area contributed by atoms with Gasteiger partial charge < -0.3 is 9.64 Å². The number of ether oxygens (including phenoxy) is 1. The third kappa shape index (κ3) is 3.56. The molecule has 19 heavy (non-hydrogen) atoms. The van der Waals surface area contributed by atoms with Gasteiger partial charge in [0.15, 0.2) is 0 Å². The second kappa shape index (κ2) is 5.87. The number of likely N-dealkylation sites (tertiary alicyclic amines) is 1. The highest BCUT2D eigenvalue weighted by atomic mass is 16.5. The minimum Gasteiger partial charge on any atom is -0.427 e. The second-order valence-electron chi connectivity index (χ2n) is 4.94. The fourth-order valence-electron chi connectivity index (χ4n) is 2.50. The van der Waals surface area contributed by atoms with Crippen LogP contribution < -0.4 is 4.74 Å². The zero-order chi connectivity index (χ0) is 13.8. The molecule has 0 spiro atoms. The van der Waals surface area contributed by atoms with Gasteiger partial charge in [-0.2, -0.15) is 0 Å². The molecule has 0 aromatic heterocycles. The van der Waals surface area contributed by atoms with Crippen LogP contribution in [0.1, 0.15) is 38.2 Å². The Morgan fingerprint density at radius 2 is 1.68 bits per heavy atom. The van der Waals surface area contributed by atoms with Gasteiger partial charge in [0.1, 0.15) is 5.75 Å². The average molecular weight is 261 g/mol. The van der Waals surface area contributed by atoms with Crippen LogP contribution in [0.25, 0.3) is 0 Å². The molecule has 0 bridgehead atoms. The van der Waals surface area contributed by atoms with Crippen LogP contribution >= 0.6 is 0 Å². The summed E-state index contributed by atoms with van der Waals surface area (Å²) >= 11 is 0. The summed E-state index contributed by atoms with van der Waals surface area (Å²) in [5.41, 5.74) is 1.25. The van der Waals surface area contributed by atoms with Crippen molar-refractivity contribution in [1.29, 1.82) is 0 Å². The minimum atomic E-state index is -0.303. The topological polar surface area (TPSA) is 46.6 Å². The monoisotopic (exact) mass is 261 g/mol. The van der Waals surface area contributed by atoms with Gasteiger partial charge in [-0.05, 0) is 36.5 Å². The van der Waals surface area contributed by atoms with E-state index in [9.17, 15) is 9.59 Å². The summed E-state index contributed by atoms with van der Waals surface area (Å²) in [6, 6.07) is 7.67. The van der Waals surface area contributed by atoms with Crippen molar-refractivity contribution in [2.24, 2.45) is 0 Å². The summed E-state index contributed by atoms with van der Waals surface area (Å²) < 4.78 is 5.01. The van der Waals surface area contributed by atoms with E-state index in [-0.39, 0.29) is 11.9 Å². The first-order valence-electron chi connectivity index (χ1n) is 6.60. The van der Waals surface area contributed by atoms with Crippen molar-refractivity contribution < 1.29 is 14.3 Å². The Hall–Kier alpha value is -1.84. The molecule has 1 aromatic rings. The third-order valence-corrected chi connectivity index (χ3v) is 3.55. The van der Waals surface area contributed by atoms with Crippen molar-refractivity contribution in [2.45, 2.75) is 32.6 Å². The molecular weight excluding hydrogens is 242 g/mol. The lowest BCUT2D eigenvalue weighted by molar-refractivity contribution is -0.132. The van der Waals surface area contributed by atoms with Gasteiger partial charge in [-0.15, -0.1) is 0 Å². The van der Waals surface area contributed by atoms with E-state index in [0.29, 0.717) is 11.7 Å². The molecule has 0 aliphatic carbocycles. The minimum absolute atomic E-state index is 0.156. The lowest BCUT2D eigenvalue weighted by atomic mass is 9.89. The fourth-order valence-corrected chi connectivity index (χ4v) is 2.50. The SMILES string of the molecule is CC(=O)Oc1ccc(C2CCN(C(C)=O)CC2)cc1. The first kappa shape index (κ1) is 13.6. The lowest BCUT2D eigenvalue weighted by Gasteiger charge is -2.31. The van der Waals surface area contributed by atoms with Gasteiger partial charge >= 0.3 is 5.97 Å². The quantitative estimate of drug-likeness (QED) is 0.606.